The van der Waals surface area contributed by atoms with Crippen LogP contribution in [0, 0.1) is 5.82 Å². The lowest BCUT2D eigenvalue weighted by Gasteiger charge is -2.25. The van der Waals surface area contributed by atoms with Crippen molar-refractivity contribution in [3.8, 4) is 0 Å². The Labute approximate surface area is 145 Å². The Morgan fingerprint density at radius 2 is 2.08 bits per heavy atom. The molecule has 0 saturated heterocycles. The lowest BCUT2D eigenvalue weighted by atomic mass is 10.1. The Balaban J connectivity index is 1.90. The second kappa shape index (κ2) is 7.57. The van der Waals surface area contributed by atoms with Gasteiger partial charge in [-0.25, -0.2) is 9.37 Å². The molecule has 0 bridgehead atoms. The number of furan rings is 1. The quantitative estimate of drug-likeness (QED) is 0.639. The van der Waals surface area contributed by atoms with Gasteiger partial charge >= 0.3 is 0 Å². The van der Waals surface area contributed by atoms with Gasteiger partial charge in [-0.3, -0.25) is 9.69 Å². The van der Waals surface area contributed by atoms with Gasteiger partial charge in [0.1, 0.15) is 17.4 Å². The van der Waals surface area contributed by atoms with Gasteiger partial charge in [0.25, 0.3) is 5.91 Å². The summed E-state index contributed by atoms with van der Waals surface area (Å²) >= 11 is 0. The molecule has 0 aliphatic heterocycles. The van der Waals surface area contributed by atoms with Crippen LogP contribution in [0.1, 0.15) is 24.3 Å². The molecule has 0 saturated carbocycles. The van der Waals surface area contributed by atoms with Crippen LogP contribution in [0.15, 0.2) is 77.6 Å². The highest BCUT2D eigenvalue weighted by atomic mass is 19.1. The Morgan fingerprint density at radius 3 is 2.76 bits per heavy atom. The average molecular weight is 336 g/mol. The van der Waals surface area contributed by atoms with Crippen LogP contribution in [0.2, 0.25) is 0 Å². The SMILES string of the molecule is CC(c1ccco1)N(C(=O)C=Cc1cccc(F)c1)c1ccccn1. The smallest absolute Gasteiger partial charge is 0.252 e. The van der Waals surface area contributed by atoms with E-state index in [0.29, 0.717) is 17.1 Å². The molecule has 0 radical (unpaired) electrons. The van der Waals surface area contributed by atoms with E-state index in [0.717, 1.165) is 0 Å². The Hall–Kier alpha value is -3.21. The molecule has 4 nitrogen and oxygen atoms in total. The molecule has 3 aromatic rings. The van der Waals surface area contributed by atoms with Gasteiger partial charge in [0.2, 0.25) is 0 Å². The molecule has 25 heavy (non-hydrogen) atoms. The summed E-state index contributed by atoms with van der Waals surface area (Å²) in [6, 6.07) is 14.7. The molecule has 1 unspecified atom stereocenters. The number of pyridine rings is 1. The average Bonchev–Trinajstić information content (AvgIpc) is 3.16. The minimum Gasteiger partial charge on any atom is -0.467 e. The summed E-state index contributed by atoms with van der Waals surface area (Å²) in [5.41, 5.74) is 0.611. The van der Waals surface area contributed by atoms with Crippen molar-refractivity contribution in [2.45, 2.75) is 13.0 Å². The van der Waals surface area contributed by atoms with Crippen molar-refractivity contribution in [3.05, 3.63) is 90.3 Å². The Kier molecular flexibility index (Phi) is 5.04. The maximum Gasteiger partial charge on any atom is 0.252 e. The van der Waals surface area contributed by atoms with Crippen molar-refractivity contribution in [1.82, 2.24) is 4.98 Å². The fourth-order valence-electron chi connectivity index (χ4n) is 2.51. The third-order valence-corrected chi connectivity index (χ3v) is 3.74. The van der Waals surface area contributed by atoms with Gasteiger partial charge in [0, 0.05) is 12.3 Å². The fourth-order valence-corrected chi connectivity index (χ4v) is 2.51. The van der Waals surface area contributed by atoms with Crippen molar-refractivity contribution in [1.29, 1.82) is 0 Å². The number of carbonyl (C=O) groups excluding carboxylic acids is 1. The highest BCUT2D eigenvalue weighted by Gasteiger charge is 2.24. The van der Waals surface area contributed by atoms with E-state index in [1.54, 1.807) is 48.9 Å². The third-order valence-electron chi connectivity index (χ3n) is 3.74. The maximum absolute atomic E-state index is 13.3. The van der Waals surface area contributed by atoms with Crippen LogP contribution in [0.5, 0.6) is 0 Å². The van der Waals surface area contributed by atoms with Crippen LogP contribution in [-0.4, -0.2) is 10.9 Å². The predicted molar refractivity (Wildman–Crippen MR) is 94.3 cm³/mol. The molecule has 0 fully saturated rings. The first-order valence-electron chi connectivity index (χ1n) is 7.86. The first-order valence-corrected chi connectivity index (χ1v) is 7.86. The number of hydrogen-bond donors (Lipinski definition) is 0. The van der Waals surface area contributed by atoms with Gasteiger partial charge in [-0.1, -0.05) is 18.2 Å². The van der Waals surface area contributed by atoms with Crippen molar-refractivity contribution in [3.63, 3.8) is 0 Å². The second-order valence-electron chi connectivity index (χ2n) is 5.48. The lowest BCUT2D eigenvalue weighted by molar-refractivity contribution is -0.114. The van der Waals surface area contributed by atoms with E-state index in [-0.39, 0.29) is 17.8 Å². The van der Waals surface area contributed by atoms with Gasteiger partial charge in [-0.2, -0.15) is 0 Å². The zero-order chi connectivity index (χ0) is 17.6. The molecule has 126 valence electrons. The van der Waals surface area contributed by atoms with Crippen LogP contribution >= 0.6 is 0 Å². The van der Waals surface area contributed by atoms with E-state index >= 15 is 0 Å². The number of halogens is 1. The largest absolute Gasteiger partial charge is 0.467 e. The minimum absolute atomic E-state index is 0.271. The lowest BCUT2D eigenvalue weighted by Crippen LogP contribution is -2.32. The topological polar surface area (TPSA) is 46.3 Å². The van der Waals surface area contributed by atoms with Crippen molar-refractivity contribution < 1.29 is 13.6 Å². The zero-order valence-corrected chi connectivity index (χ0v) is 13.7. The summed E-state index contributed by atoms with van der Waals surface area (Å²) in [4.78, 5) is 18.6. The molecule has 2 heterocycles. The number of carbonyl (C=O) groups is 1. The number of rotatable bonds is 5. The van der Waals surface area contributed by atoms with Crippen LogP contribution in [0.3, 0.4) is 0 Å². The van der Waals surface area contributed by atoms with Crippen LogP contribution in [0.4, 0.5) is 10.2 Å². The van der Waals surface area contributed by atoms with Crippen LogP contribution in [-0.2, 0) is 4.79 Å². The van der Waals surface area contributed by atoms with E-state index in [1.807, 2.05) is 19.1 Å². The summed E-state index contributed by atoms with van der Waals surface area (Å²) in [7, 11) is 0. The summed E-state index contributed by atoms with van der Waals surface area (Å²) in [5, 5.41) is 0. The van der Waals surface area contributed by atoms with Gasteiger partial charge in [0.05, 0.1) is 12.3 Å². The normalized spacial score (nSPS) is 12.2. The van der Waals surface area contributed by atoms with Crippen LogP contribution < -0.4 is 4.90 Å². The molecule has 0 aliphatic rings. The molecule has 0 N–H and O–H groups in total. The molecule has 3 rings (SSSR count). The fraction of sp³-hybridized carbons (Fsp3) is 0.100. The van der Waals surface area contributed by atoms with E-state index in [2.05, 4.69) is 4.98 Å². The number of benzene rings is 1. The monoisotopic (exact) mass is 336 g/mol. The molecule has 1 aromatic carbocycles. The molecule has 0 spiro atoms. The summed E-state index contributed by atoms with van der Waals surface area (Å²) in [5.74, 6) is 0.547. The Morgan fingerprint density at radius 1 is 1.20 bits per heavy atom. The third kappa shape index (κ3) is 4.01. The summed E-state index contributed by atoms with van der Waals surface area (Å²) < 4.78 is 18.7. The van der Waals surface area contributed by atoms with Crippen molar-refractivity contribution >= 4 is 17.8 Å². The van der Waals surface area contributed by atoms with Gasteiger partial charge in [-0.05, 0) is 55.0 Å². The molecule has 2 aromatic heterocycles. The maximum atomic E-state index is 13.3. The number of hydrogen-bond acceptors (Lipinski definition) is 3. The molecule has 1 atom stereocenters. The van der Waals surface area contributed by atoms with Crippen molar-refractivity contribution in [2.75, 3.05) is 4.90 Å². The highest BCUT2D eigenvalue weighted by Crippen LogP contribution is 2.26. The summed E-state index contributed by atoms with van der Waals surface area (Å²) in [6.07, 6.45) is 6.18. The molecular formula is C20H17FN2O2. The first-order chi connectivity index (χ1) is 12.1. The van der Waals surface area contributed by atoms with Crippen LogP contribution in [0.25, 0.3) is 6.08 Å². The second-order valence-corrected chi connectivity index (χ2v) is 5.48. The molecular weight excluding hydrogens is 319 g/mol. The number of anilines is 1. The van der Waals surface area contributed by atoms with Gasteiger partial charge in [0.15, 0.2) is 0 Å². The zero-order valence-electron chi connectivity index (χ0n) is 13.7. The van der Waals surface area contributed by atoms with E-state index in [1.165, 1.54) is 23.1 Å². The summed E-state index contributed by atoms with van der Waals surface area (Å²) in [6.45, 7) is 1.86. The van der Waals surface area contributed by atoms with E-state index in [9.17, 15) is 9.18 Å². The standard InChI is InChI=1S/C20H17FN2O2/c1-15(18-8-5-13-25-18)23(19-9-2-3-12-22-19)20(24)11-10-16-6-4-7-17(21)14-16/h2-15H,1H3. The highest BCUT2D eigenvalue weighted by molar-refractivity contribution is 6.03. The first kappa shape index (κ1) is 16.6. The van der Waals surface area contributed by atoms with E-state index < -0.39 is 0 Å². The number of aromatic nitrogens is 1. The van der Waals surface area contributed by atoms with Crippen molar-refractivity contribution in [2.24, 2.45) is 0 Å². The van der Waals surface area contributed by atoms with Gasteiger partial charge < -0.3 is 4.42 Å². The predicted octanol–water partition coefficient (Wildman–Crippen LogP) is 4.62. The molecule has 5 heteroatoms. The molecule has 1 amide bonds. The number of nitrogens with zero attached hydrogens (tertiary/aromatic N) is 2. The molecule has 0 aliphatic carbocycles. The minimum atomic E-state index is -0.347. The van der Waals surface area contributed by atoms with E-state index in [4.69, 9.17) is 4.42 Å². The Bertz CT molecular complexity index is 860. The number of amides is 1. The van der Waals surface area contributed by atoms with Gasteiger partial charge in [-0.15, -0.1) is 0 Å².